The smallest absolute Gasteiger partial charge is 0.0618 e. The first-order chi connectivity index (χ1) is 6.20. The zero-order chi connectivity index (χ0) is 9.68. The fourth-order valence-electron chi connectivity index (χ4n) is 1.02. The highest BCUT2D eigenvalue weighted by Gasteiger charge is 1.93. The number of nitrogens with zero attached hydrogens (tertiary/aromatic N) is 1. The van der Waals surface area contributed by atoms with Crippen LogP contribution in [0.25, 0.3) is 0 Å². The molecule has 1 rings (SSSR count). The summed E-state index contributed by atoms with van der Waals surface area (Å²) in [6, 6.07) is 0. The van der Waals surface area contributed by atoms with E-state index >= 15 is 0 Å². The Morgan fingerprint density at radius 2 is 1.92 bits per heavy atom. The molecule has 0 radical (unpaired) electrons. The first-order valence-electron chi connectivity index (χ1n) is 4.43. The van der Waals surface area contributed by atoms with E-state index < -0.39 is 0 Å². The van der Waals surface area contributed by atoms with Gasteiger partial charge in [-0.1, -0.05) is 23.8 Å². The minimum absolute atomic E-state index is 1.05. The van der Waals surface area contributed by atoms with E-state index in [0.29, 0.717) is 0 Å². The molecule has 0 atom stereocenters. The summed E-state index contributed by atoms with van der Waals surface area (Å²) in [7, 11) is 0. The largest absolute Gasteiger partial charge is 0.257 e. The van der Waals surface area contributed by atoms with Crippen LogP contribution in [0.3, 0.4) is 0 Å². The molecule has 1 aliphatic heterocycles. The van der Waals surface area contributed by atoms with Crippen LogP contribution in [0.4, 0.5) is 0 Å². The number of hydrogen-bond donors (Lipinski definition) is 0. The van der Waals surface area contributed by atoms with Gasteiger partial charge in [0, 0.05) is 6.21 Å². The van der Waals surface area contributed by atoms with Crippen LogP contribution in [0.15, 0.2) is 52.2 Å². The van der Waals surface area contributed by atoms with Gasteiger partial charge < -0.3 is 0 Å². The van der Waals surface area contributed by atoms with E-state index in [0.717, 1.165) is 5.70 Å². The van der Waals surface area contributed by atoms with Gasteiger partial charge in [0.05, 0.1) is 5.70 Å². The standard InChI is InChI=1S/C12H15N/c1-10(2)12-9-11(3)7-5-4-6-8-13-12/h4-9H,1-3H3/b6-4+,7-5-,11-9-,13-8?. The summed E-state index contributed by atoms with van der Waals surface area (Å²) in [6.07, 6.45) is 11.9. The minimum Gasteiger partial charge on any atom is -0.257 e. The molecule has 1 nitrogen and oxygen atoms in total. The fraction of sp³-hybridized carbons (Fsp3) is 0.250. The Morgan fingerprint density at radius 3 is 2.62 bits per heavy atom. The zero-order valence-corrected chi connectivity index (χ0v) is 8.41. The molecule has 0 aliphatic carbocycles. The normalized spacial score (nSPS) is 25.2. The van der Waals surface area contributed by atoms with Crippen molar-refractivity contribution in [3.05, 3.63) is 47.2 Å². The molecule has 0 bridgehead atoms. The monoisotopic (exact) mass is 173 g/mol. The molecule has 1 aliphatic rings. The van der Waals surface area contributed by atoms with E-state index in [4.69, 9.17) is 0 Å². The Balaban J connectivity index is 3.10. The number of aliphatic imine (C=N–C) groups is 1. The summed E-state index contributed by atoms with van der Waals surface area (Å²) >= 11 is 0. The summed E-state index contributed by atoms with van der Waals surface area (Å²) in [5, 5.41) is 0. The molecule has 13 heavy (non-hydrogen) atoms. The molecule has 0 aromatic rings. The molecule has 0 amide bonds. The predicted octanol–water partition coefficient (Wildman–Crippen LogP) is 3.42. The van der Waals surface area contributed by atoms with Gasteiger partial charge in [-0.05, 0) is 38.5 Å². The molecule has 0 aromatic heterocycles. The Hall–Kier alpha value is -1.37. The van der Waals surface area contributed by atoms with Crippen molar-refractivity contribution >= 4 is 6.21 Å². The molecule has 68 valence electrons. The Labute approximate surface area is 79.9 Å². The Morgan fingerprint density at radius 1 is 1.15 bits per heavy atom. The van der Waals surface area contributed by atoms with Crippen LogP contribution in [-0.2, 0) is 0 Å². The topological polar surface area (TPSA) is 12.4 Å². The van der Waals surface area contributed by atoms with E-state index in [1.165, 1.54) is 11.1 Å². The van der Waals surface area contributed by atoms with E-state index in [9.17, 15) is 0 Å². The van der Waals surface area contributed by atoms with Gasteiger partial charge in [0.2, 0.25) is 0 Å². The quantitative estimate of drug-likeness (QED) is 0.532. The second-order valence-electron chi connectivity index (χ2n) is 3.30. The number of rotatable bonds is 0. The maximum atomic E-state index is 4.34. The molecule has 0 saturated heterocycles. The van der Waals surface area contributed by atoms with Crippen LogP contribution < -0.4 is 0 Å². The highest BCUT2D eigenvalue weighted by Crippen LogP contribution is 2.11. The van der Waals surface area contributed by atoms with Gasteiger partial charge >= 0.3 is 0 Å². The number of allylic oxidation sites excluding steroid dienone is 7. The molecular formula is C12H15N. The lowest BCUT2D eigenvalue weighted by molar-refractivity contribution is 1.24. The summed E-state index contributed by atoms with van der Waals surface area (Å²) in [6.45, 7) is 6.22. The highest BCUT2D eigenvalue weighted by molar-refractivity contribution is 5.73. The fourth-order valence-corrected chi connectivity index (χ4v) is 1.02. The summed E-state index contributed by atoms with van der Waals surface area (Å²) in [5.41, 5.74) is 3.51. The van der Waals surface area contributed by atoms with Crippen molar-refractivity contribution in [3.8, 4) is 0 Å². The maximum Gasteiger partial charge on any atom is 0.0618 e. The van der Waals surface area contributed by atoms with Crippen LogP contribution in [0.2, 0.25) is 0 Å². The molecule has 0 aromatic carbocycles. The lowest BCUT2D eigenvalue weighted by Gasteiger charge is -1.98. The van der Waals surface area contributed by atoms with Crippen molar-refractivity contribution < 1.29 is 0 Å². The van der Waals surface area contributed by atoms with Crippen LogP contribution in [-0.4, -0.2) is 6.21 Å². The molecule has 0 fully saturated rings. The van der Waals surface area contributed by atoms with Crippen molar-refractivity contribution in [2.75, 3.05) is 0 Å². The average molecular weight is 173 g/mol. The summed E-state index contributed by atoms with van der Waals surface area (Å²) in [5.74, 6) is 0. The van der Waals surface area contributed by atoms with Gasteiger partial charge in [0.1, 0.15) is 0 Å². The molecule has 0 saturated carbocycles. The van der Waals surface area contributed by atoms with Crippen LogP contribution in [0, 0.1) is 0 Å². The van der Waals surface area contributed by atoms with Gasteiger partial charge in [0.15, 0.2) is 0 Å². The van der Waals surface area contributed by atoms with Crippen molar-refractivity contribution in [2.24, 2.45) is 4.99 Å². The SMILES string of the molecule is CC(C)=C1\C=C(C)/C=C\C=C\C=N1. The minimum atomic E-state index is 1.05. The van der Waals surface area contributed by atoms with Gasteiger partial charge in [-0.2, -0.15) is 0 Å². The average Bonchev–Trinajstić information content (AvgIpc) is 2.16. The first kappa shape index (κ1) is 9.72. The Kier molecular flexibility index (Phi) is 3.44. The second kappa shape index (κ2) is 4.61. The first-order valence-corrected chi connectivity index (χ1v) is 4.43. The van der Waals surface area contributed by atoms with Gasteiger partial charge in [-0.25, -0.2) is 0 Å². The highest BCUT2D eigenvalue weighted by atomic mass is 14.7. The molecule has 1 heterocycles. The van der Waals surface area contributed by atoms with E-state index in [1.807, 2.05) is 24.4 Å². The lowest BCUT2D eigenvalue weighted by atomic mass is 10.2. The second-order valence-corrected chi connectivity index (χ2v) is 3.30. The van der Waals surface area contributed by atoms with Gasteiger partial charge in [-0.15, -0.1) is 0 Å². The predicted molar refractivity (Wildman–Crippen MR) is 58.9 cm³/mol. The Bertz CT molecular complexity index is 321. The van der Waals surface area contributed by atoms with E-state index in [2.05, 4.69) is 37.9 Å². The lowest BCUT2D eigenvalue weighted by Crippen LogP contribution is -1.80. The van der Waals surface area contributed by atoms with E-state index in [1.54, 1.807) is 0 Å². The third kappa shape index (κ3) is 3.24. The molecule has 0 N–H and O–H groups in total. The van der Waals surface area contributed by atoms with Crippen molar-refractivity contribution in [2.45, 2.75) is 20.8 Å². The van der Waals surface area contributed by atoms with Crippen molar-refractivity contribution in [3.63, 3.8) is 0 Å². The maximum absolute atomic E-state index is 4.34. The van der Waals surface area contributed by atoms with Crippen molar-refractivity contribution in [1.82, 2.24) is 0 Å². The van der Waals surface area contributed by atoms with Crippen molar-refractivity contribution in [1.29, 1.82) is 0 Å². The van der Waals surface area contributed by atoms with Crippen LogP contribution in [0.5, 0.6) is 0 Å². The summed E-state index contributed by atoms with van der Waals surface area (Å²) in [4.78, 5) is 4.34. The third-order valence-electron chi connectivity index (χ3n) is 1.76. The zero-order valence-electron chi connectivity index (χ0n) is 8.41. The molecule has 0 spiro atoms. The number of hydrogen-bond acceptors (Lipinski definition) is 1. The van der Waals surface area contributed by atoms with E-state index in [-0.39, 0.29) is 0 Å². The summed E-state index contributed by atoms with van der Waals surface area (Å²) < 4.78 is 0. The molecular weight excluding hydrogens is 158 g/mol. The van der Waals surface area contributed by atoms with Crippen LogP contribution >= 0.6 is 0 Å². The molecule has 0 unspecified atom stereocenters. The van der Waals surface area contributed by atoms with Crippen LogP contribution in [0.1, 0.15) is 20.8 Å². The van der Waals surface area contributed by atoms with Gasteiger partial charge in [-0.3, -0.25) is 4.99 Å². The third-order valence-corrected chi connectivity index (χ3v) is 1.76. The van der Waals surface area contributed by atoms with Gasteiger partial charge in [0.25, 0.3) is 0 Å². The molecule has 1 heteroatoms.